The average molecular weight is 324 g/mol. The van der Waals surface area contributed by atoms with E-state index in [4.69, 9.17) is 9.47 Å². The van der Waals surface area contributed by atoms with E-state index < -0.39 is 0 Å². The Morgan fingerprint density at radius 2 is 2.08 bits per heavy atom. The number of likely N-dealkylation sites (tertiary alicyclic amines) is 1. The van der Waals surface area contributed by atoms with Crippen LogP contribution in [0.25, 0.3) is 0 Å². The number of rotatable bonds is 6. The topological polar surface area (TPSA) is 34.6 Å². The largest absolute Gasteiger partial charge is 0.497 e. The predicted octanol–water partition coefficient (Wildman–Crippen LogP) is 3.52. The van der Waals surface area contributed by atoms with Crippen molar-refractivity contribution in [2.75, 3.05) is 13.7 Å². The van der Waals surface area contributed by atoms with Crippen molar-refractivity contribution in [1.82, 2.24) is 9.88 Å². The van der Waals surface area contributed by atoms with Gasteiger partial charge in [-0.15, -0.1) is 0 Å². The van der Waals surface area contributed by atoms with Crippen molar-refractivity contribution in [2.45, 2.75) is 37.9 Å². The van der Waals surface area contributed by atoms with Crippen LogP contribution < -0.4 is 9.47 Å². The summed E-state index contributed by atoms with van der Waals surface area (Å²) in [5.41, 5.74) is 1.29. The summed E-state index contributed by atoms with van der Waals surface area (Å²) in [7, 11) is 1.69. The van der Waals surface area contributed by atoms with E-state index in [1.54, 1.807) is 7.11 Å². The molecule has 1 saturated carbocycles. The van der Waals surface area contributed by atoms with Crippen LogP contribution in [-0.4, -0.2) is 35.7 Å². The van der Waals surface area contributed by atoms with Crippen molar-refractivity contribution in [3.05, 3.63) is 54.4 Å². The molecule has 2 fully saturated rings. The van der Waals surface area contributed by atoms with Gasteiger partial charge in [-0.05, 0) is 48.9 Å². The van der Waals surface area contributed by atoms with Gasteiger partial charge in [0.2, 0.25) is 0 Å². The van der Waals surface area contributed by atoms with E-state index in [1.165, 1.54) is 24.8 Å². The van der Waals surface area contributed by atoms with Gasteiger partial charge in [0.25, 0.3) is 0 Å². The number of piperidine rings is 1. The van der Waals surface area contributed by atoms with Gasteiger partial charge in [-0.1, -0.05) is 12.1 Å². The number of pyridine rings is 1. The highest BCUT2D eigenvalue weighted by Crippen LogP contribution is 2.43. The van der Waals surface area contributed by atoms with Gasteiger partial charge in [-0.3, -0.25) is 9.88 Å². The fourth-order valence-corrected chi connectivity index (χ4v) is 4.24. The number of hydrogen-bond acceptors (Lipinski definition) is 4. The first-order chi connectivity index (χ1) is 11.8. The summed E-state index contributed by atoms with van der Waals surface area (Å²) < 4.78 is 11.4. The lowest BCUT2D eigenvalue weighted by molar-refractivity contribution is 0.0866. The molecular weight excluding hydrogens is 300 g/mol. The normalized spacial score (nSPS) is 25.8. The maximum absolute atomic E-state index is 6.12. The van der Waals surface area contributed by atoms with E-state index in [2.05, 4.69) is 16.0 Å². The molecule has 1 aromatic heterocycles. The lowest BCUT2D eigenvalue weighted by Crippen LogP contribution is -2.43. The van der Waals surface area contributed by atoms with Crippen molar-refractivity contribution in [3.8, 4) is 11.5 Å². The molecule has 2 heterocycles. The molecule has 4 nitrogen and oxygen atoms in total. The minimum Gasteiger partial charge on any atom is -0.497 e. The molecule has 0 radical (unpaired) electrons. The zero-order chi connectivity index (χ0) is 16.4. The van der Waals surface area contributed by atoms with Crippen LogP contribution in [0.15, 0.2) is 48.8 Å². The van der Waals surface area contributed by atoms with Gasteiger partial charge >= 0.3 is 0 Å². The summed E-state index contributed by atoms with van der Waals surface area (Å²) in [6.07, 6.45) is 7.78. The second-order valence-corrected chi connectivity index (χ2v) is 6.82. The van der Waals surface area contributed by atoms with Crippen LogP contribution in [0.1, 0.15) is 24.8 Å². The molecule has 3 atom stereocenters. The summed E-state index contributed by atoms with van der Waals surface area (Å²) in [5, 5.41) is 0. The van der Waals surface area contributed by atoms with E-state index >= 15 is 0 Å². The first-order valence-corrected chi connectivity index (χ1v) is 8.75. The lowest BCUT2D eigenvalue weighted by Gasteiger charge is -2.35. The zero-order valence-electron chi connectivity index (χ0n) is 14.1. The molecule has 2 bridgehead atoms. The fourth-order valence-electron chi connectivity index (χ4n) is 4.24. The number of benzene rings is 1. The number of ether oxygens (including phenoxy) is 2. The highest BCUT2D eigenvalue weighted by molar-refractivity contribution is 5.32. The third kappa shape index (κ3) is 3.11. The second-order valence-electron chi connectivity index (χ2n) is 6.82. The number of fused-ring (bicyclic) bond motifs is 2. The Labute approximate surface area is 143 Å². The molecule has 1 aromatic carbocycles. The molecule has 0 amide bonds. The summed E-state index contributed by atoms with van der Waals surface area (Å²) in [4.78, 5) is 6.89. The molecule has 4 heteroatoms. The quantitative estimate of drug-likeness (QED) is 0.814. The Morgan fingerprint density at radius 1 is 1.17 bits per heavy atom. The Morgan fingerprint density at radius 3 is 2.92 bits per heavy atom. The van der Waals surface area contributed by atoms with Gasteiger partial charge in [0.1, 0.15) is 18.1 Å². The average Bonchev–Trinajstić information content (AvgIpc) is 3.23. The number of aromatic nitrogens is 1. The van der Waals surface area contributed by atoms with Crippen LogP contribution in [-0.2, 0) is 6.54 Å². The van der Waals surface area contributed by atoms with E-state index in [0.717, 1.165) is 30.6 Å². The van der Waals surface area contributed by atoms with Crippen LogP contribution in [0.3, 0.4) is 0 Å². The van der Waals surface area contributed by atoms with Crippen LogP contribution in [0, 0.1) is 5.92 Å². The molecule has 2 aromatic rings. The number of nitrogens with zero attached hydrogens (tertiary/aromatic N) is 2. The van der Waals surface area contributed by atoms with Crippen molar-refractivity contribution in [3.63, 3.8) is 0 Å². The van der Waals surface area contributed by atoms with Crippen LogP contribution in [0.4, 0.5) is 0 Å². The molecule has 1 saturated heterocycles. The zero-order valence-corrected chi connectivity index (χ0v) is 14.1. The molecule has 2 aliphatic rings. The maximum Gasteiger partial charge on any atom is 0.123 e. The summed E-state index contributed by atoms with van der Waals surface area (Å²) in [6.45, 7) is 1.72. The Balaban J connectivity index is 1.44. The maximum atomic E-state index is 6.12. The molecule has 1 aliphatic heterocycles. The van der Waals surface area contributed by atoms with Gasteiger partial charge in [-0.25, -0.2) is 0 Å². The Kier molecular flexibility index (Phi) is 4.39. The van der Waals surface area contributed by atoms with Crippen LogP contribution >= 0.6 is 0 Å². The minimum absolute atomic E-state index is 0.496. The summed E-state index contributed by atoms with van der Waals surface area (Å²) >= 11 is 0. The van der Waals surface area contributed by atoms with Crippen LogP contribution in [0.2, 0.25) is 0 Å². The SMILES string of the molecule is COc1cccc(OC[C@H]2[C@H]3CC[C@H](C3)N2Cc2cccnc2)c1. The first kappa shape index (κ1) is 15.5. The van der Waals surface area contributed by atoms with Crippen molar-refractivity contribution in [2.24, 2.45) is 5.92 Å². The molecule has 0 unspecified atom stereocenters. The Bertz CT molecular complexity index is 676. The van der Waals surface area contributed by atoms with E-state index in [-0.39, 0.29) is 0 Å². The minimum atomic E-state index is 0.496. The standard InChI is InChI=1S/C20H24N2O2/c1-23-18-5-2-6-19(11-18)24-14-20-16-7-8-17(10-16)22(20)13-15-4-3-9-21-12-15/h2-6,9,11-12,16-17,20H,7-8,10,13-14H2,1H3/t16-,17+,20-/m0/s1. The highest BCUT2D eigenvalue weighted by atomic mass is 16.5. The number of methoxy groups -OCH3 is 1. The smallest absolute Gasteiger partial charge is 0.123 e. The summed E-state index contributed by atoms with van der Waals surface area (Å²) in [5.74, 6) is 2.49. The van der Waals surface area contributed by atoms with Crippen molar-refractivity contribution < 1.29 is 9.47 Å². The van der Waals surface area contributed by atoms with Crippen LogP contribution in [0.5, 0.6) is 11.5 Å². The molecule has 24 heavy (non-hydrogen) atoms. The van der Waals surface area contributed by atoms with Gasteiger partial charge in [-0.2, -0.15) is 0 Å². The molecule has 1 aliphatic carbocycles. The van der Waals surface area contributed by atoms with E-state index in [1.807, 2.05) is 42.7 Å². The summed E-state index contributed by atoms with van der Waals surface area (Å²) in [6, 6.07) is 13.3. The molecule has 0 spiro atoms. The van der Waals surface area contributed by atoms with Gasteiger partial charge in [0, 0.05) is 37.1 Å². The van der Waals surface area contributed by atoms with Gasteiger partial charge < -0.3 is 9.47 Å². The monoisotopic (exact) mass is 324 g/mol. The molecule has 0 N–H and O–H groups in total. The fraction of sp³-hybridized carbons (Fsp3) is 0.450. The predicted molar refractivity (Wildman–Crippen MR) is 93.2 cm³/mol. The third-order valence-corrected chi connectivity index (χ3v) is 5.43. The molecular formula is C20H24N2O2. The van der Waals surface area contributed by atoms with Gasteiger partial charge in [0.15, 0.2) is 0 Å². The molecule has 4 rings (SSSR count). The van der Waals surface area contributed by atoms with Gasteiger partial charge in [0.05, 0.1) is 7.11 Å². The first-order valence-electron chi connectivity index (χ1n) is 8.75. The van der Waals surface area contributed by atoms with E-state index in [9.17, 15) is 0 Å². The van der Waals surface area contributed by atoms with E-state index in [0.29, 0.717) is 12.1 Å². The lowest BCUT2D eigenvalue weighted by atomic mass is 9.99. The van der Waals surface area contributed by atoms with Crippen molar-refractivity contribution in [1.29, 1.82) is 0 Å². The highest BCUT2D eigenvalue weighted by Gasteiger charge is 2.45. The molecule has 126 valence electrons. The number of hydrogen-bond donors (Lipinski definition) is 0. The second kappa shape index (κ2) is 6.81. The van der Waals surface area contributed by atoms with Crippen molar-refractivity contribution >= 4 is 0 Å². The Hall–Kier alpha value is -2.07. The third-order valence-electron chi connectivity index (χ3n) is 5.43.